The number of aliphatic carboxylic acids is 1. The van der Waals surface area contributed by atoms with Gasteiger partial charge in [0.1, 0.15) is 6.04 Å². The number of piperidine rings is 1. The Labute approximate surface area is 126 Å². The molecular weight excluding hydrogens is 284 g/mol. The molecule has 2 aliphatic heterocycles. The number of para-hydroxylation sites is 1. The molecule has 0 unspecified atom stereocenters. The van der Waals surface area contributed by atoms with Crippen LogP contribution >= 0.6 is 11.3 Å². The van der Waals surface area contributed by atoms with Gasteiger partial charge in [0.05, 0.1) is 12.1 Å². The number of fused-ring (bicyclic) bond motifs is 3. The van der Waals surface area contributed by atoms with Gasteiger partial charge in [-0.2, -0.15) is 0 Å². The number of rotatable bonds is 2. The summed E-state index contributed by atoms with van der Waals surface area (Å²) >= 11 is 1.68. The molecule has 0 spiro atoms. The zero-order valence-corrected chi connectivity index (χ0v) is 12.1. The lowest BCUT2D eigenvalue weighted by atomic mass is 9.81. The maximum atomic E-state index is 11.5. The monoisotopic (exact) mass is 300 g/mol. The number of carboxylic acid groups (broad SMARTS) is 1. The van der Waals surface area contributed by atoms with Crippen molar-refractivity contribution in [3.63, 3.8) is 0 Å². The highest BCUT2D eigenvalue weighted by Crippen LogP contribution is 2.46. The summed E-state index contributed by atoms with van der Waals surface area (Å²) in [7, 11) is 0. The van der Waals surface area contributed by atoms with Crippen molar-refractivity contribution < 1.29 is 9.90 Å². The highest BCUT2D eigenvalue weighted by atomic mass is 32.1. The number of nitrogens with one attached hydrogen (secondary N) is 2. The van der Waals surface area contributed by atoms with Gasteiger partial charge in [-0.1, -0.05) is 24.3 Å². The van der Waals surface area contributed by atoms with E-state index in [0.717, 1.165) is 5.69 Å². The normalized spacial score (nSPS) is 30.3. The van der Waals surface area contributed by atoms with Crippen molar-refractivity contribution in [2.45, 2.75) is 30.5 Å². The van der Waals surface area contributed by atoms with Gasteiger partial charge >= 0.3 is 5.97 Å². The molecule has 1 fully saturated rings. The van der Waals surface area contributed by atoms with Gasteiger partial charge in [0.25, 0.3) is 0 Å². The minimum atomic E-state index is -0.764. The fourth-order valence-electron chi connectivity index (χ4n) is 3.56. The molecule has 0 bridgehead atoms. The Morgan fingerprint density at radius 1 is 1.24 bits per heavy atom. The molecule has 108 valence electrons. The van der Waals surface area contributed by atoms with Crippen molar-refractivity contribution in [3.05, 3.63) is 52.2 Å². The van der Waals surface area contributed by atoms with Crippen molar-refractivity contribution in [2.24, 2.45) is 0 Å². The first-order valence-electron chi connectivity index (χ1n) is 7.12. The van der Waals surface area contributed by atoms with Crippen LogP contribution in [-0.2, 0) is 4.79 Å². The zero-order chi connectivity index (χ0) is 14.4. The Hall–Kier alpha value is -1.85. The van der Waals surface area contributed by atoms with Gasteiger partial charge < -0.3 is 10.4 Å². The zero-order valence-electron chi connectivity index (χ0n) is 11.3. The Morgan fingerprint density at radius 2 is 2.10 bits per heavy atom. The fraction of sp³-hybridized carbons (Fsp3) is 0.312. The van der Waals surface area contributed by atoms with E-state index >= 15 is 0 Å². The van der Waals surface area contributed by atoms with Gasteiger partial charge in [-0.15, -0.1) is 11.3 Å². The summed E-state index contributed by atoms with van der Waals surface area (Å²) in [4.78, 5) is 12.7. The van der Waals surface area contributed by atoms with Crippen molar-refractivity contribution in [1.29, 1.82) is 0 Å². The van der Waals surface area contributed by atoms with E-state index in [1.165, 1.54) is 10.4 Å². The number of hydrogen-bond acceptors (Lipinski definition) is 4. The summed E-state index contributed by atoms with van der Waals surface area (Å²) in [5.74, 6) is -0.518. The summed E-state index contributed by atoms with van der Waals surface area (Å²) in [5.41, 5.74) is 2.39. The third-order valence-electron chi connectivity index (χ3n) is 4.49. The molecule has 0 amide bonds. The molecule has 1 aromatic carbocycles. The summed E-state index contributed by atoms with van der Waals surface area (Å²) in [6.45, 7) is 0. The van der Waals surface area contributed by atoms with Crippen LogP contribution in [0.1, 0.15) is 28.8 Å². The van der Waals surface area contributed by atoms with Crippen LogP contribution in [0, 0.1) is 0 Å². The fourth-order valence-corrected chi connectivity index (χ4v) is 4.39. The second kappa shape index (κ2) is 4.86. The Bertz CT molecular complexity index is 663. The van der Waals surface area contributed by atoms with Crippen LogP contribution in [0.15, 0.2) is 41.8 Å². The van der Waals surface area contributed by atoms with Crippen LogP contribution in [0.3, 0.4) is 0 Å². The smallest absolute Gasteiger partial charge is 0.320 e. The van der Waals surface area contributed by atoms with Crippen molar-refractivity contribution in [3.8, 4) is 0 Å². The maximum absolute atomic E-state index is 11.5. The number of carbonyl (C=O) groups is 1. The predicted molar refractivity (Wildman–Crippen MR) is 82.8 cm³/mol. The number of thiophene rings is 1. The van der Waals surface area contributed by atoms with Crippen molar-refractivity contribution in [1.82, 2.24) is 5.32 Å². The topological polar surface area (TPSA) is 61.4 Å². The van der Waals surface area contributed by atoms with Crippen LogP contribution in [0.5, 0.6) is 0 Å². The largest absolute Gasteiger partial charge is 0.480 e. The Morgan fingerprint density at radius 3 is 2.86 bits per heavy atom. The third kappa shape index (κ3) is 2.04. The molecule has 0 saturated carbocycles. The van der Waals surface area contributed by atoms with Gasteiger partial charge in [-0.25, -0.2) is 0 Å². The number of benzene rings is 1. The summed E-state index contributed by atoms with van der Waals surface area (Å²) < 4.78 is 0. The SMILES string of the molecule is O=C(O)[C@@H]1C[C@H]2c3ccccc3N[C@@H]2[C@@H](c2cccs2)N1. The van der Waals surface area contributed by atoms with E-state index in [0.29, 0.717) is 6.42 Å². The van der Waals surface area contributed by atoms with Gasteiger partial charge in [-0.05, 0) is 29.5 Å². The average Bonchev–Trinajstić information content (AvgIpc) is 3.13. The van der Waals surface area contributed by atoms with E-state index in [-0.39, 0.29) is 18.0 Å². The molecule has 0 radical (unpaired) electrons. The molecule has 4 rings (SSSR count). The van der Waals surface area contributed by atoms with E-state index in [2.05, 4.69) is 28.8 Å². The molecule has 2 aromatic rings. The van der Waals surface area contributed by atoms with Crippen LogP contribution in [-0.4, -0.2) is 23.2 Å². The summed E-state index contributed by atoms with van der Waals surface area (Å²) in [5, 5.41) is 18.4. The molecule has 4 nitrogen and oxygen atoms in total. The van der Waals surface area contributed by atoms with Gasteiger partial charge in [-0.3, -0.25) is 10.1 Å². The van der Waals surface area contributed by atoms with E-state index in [1.807, 2.05) is 23.6 Å². The van der Waals surface area contributed by atoms with Gasteiger partial charge in [0.2, 0.25) is 0 Å². The molecule has 1 saturated heterocycles. The summed E-state index contributed by atoms with van der Waals surface area (Å²) in [6.07, 6.45) is 0.631. The summed E-state index contributed by atoms with van der Waals surface area (Å²) in [6, 6.07) is 12.1. The Kier molecular flexibility index (Phi) is 2.97. The van der Waals surface area contributed by atoms with Crippen LogP contribution in [0.2, 0.25) is 0 Å². The number of anilines is 1. The molecule has 5 heteroatoms. The Balaban J connectivity index is 1.75. The van der Waals surface area contributed by atoms with Crippen LogP contribution in [0.4, 0.5) is 5.69 Å². The van der Waals surface area contributed by atoms with E-state index in [1.54, 1.807) is 11.3 Å². The third-order valence-corrected chi connectivity index (χ3v) is 5.45. The standard InChI is InChI=1S/C16H16N2O2S/c19-16(20)12-8-10-9-4-1-2-5-11(9)17-14(10)15(18-12)13-6-3-7-21-13/h1-7,10,12,14-15,17-18H,8H2,(H,19,20)/t10-,12-,14-,15+/m0/s1. The second-order valence-electron chi connectivity index (χ2n) is 5.65. The molecule has 2 aliphatic rings. The lowest BCUT2D eigenvalue weighted by Gasteiger charge is -2.38. The molecule has 1 aromatic heterocycles. The highest BCUT2D eigenvalue weighted by Gasteiger charge is 2.45. The lowest BCUT2D eigenvalue weighted by molar-refractivity contribution is -0.140. The maximum Gasteiger partial charge on any atom is 0.320 e. The van der Waals surface area contributed by atoms with Crippen molar-refractivity contribution in [2.75, 3.05) is 5.32 Å². The van der Waals surface area contributed by atoms with Crippen LogP contribution < -0.4 is 10.6 Å². The van der Waals surface area contributed by atoms with Gasteiger partial charge in [0.15, 0.2) is 0 Å². The van der Waals surface area contributed by atoms with E-state index in [4.69, 9.17) is 0 Å². The molecule has 3 N–H and O–H groups in total. The minimum absolute atomic E-state index is 0.0391. The van der Waals surface area contributed by atoms with E-state index < -0.39 is 12.0 Å². The molecule has 21 heavy (non-hydrogen) atoms. The second-order valence-corrected chi connectivity index (χ2v) is 6.63. The first kappa shape index (κ1) is 12.9. The predicted octanol–water partition coefficient (Wildman–Crippen LogP) is 2.81. The number of hydrogen-bond donors (Lipinski definition) is 3. The average molecular weight is 300 g/mol. The van der Waals surface area contributed by atoms with Crippen molar-refractivity contribution >= 4 is 23.0 Å². The number of carboxylic acids is 1. The van der Waals surface area contributed by atoms with Gasteiger partial charge in [0, 0.05) is 16.5 Å². The van der Waals surface area contributed by atoms with Crippen LogP contribution in [0.25, 0.3) is 0 Å². The highest BCUT2D eigenvalue weighted by molar-refractivity contribution is 7.10. The molecule has 0 aliphatic carbocycles. The minimum Gasteiger partial charge on any atom is -0.480 e. The lowest BCUT2D eigenvalue weighted by Crippen LogP contribution is -2.51. The first-order chi connectivity index (χ1) is 10.2. The first-order valence-corrected chi connectivity index (χ1v) is 8.00. The van der Waals surface area contributed by atoms with E-state index in [9.17, 15) is 9.90 Å². The molecular formula is C16H16N2O2S. The molecule has 4 atom stereocenters. The molecule has 3 heterocycles. The quantitative estimate of drug-likeness (QED) is 0.798.